The molecule has 1 amide bonds. The van der Waals surface area contributed by atoms with Crippen LogP contribution in [0, 0.1) is 0 Å². The number of aromatic nitrogens is 1. The molecule has 0 unspecified atom stereocenters. The van der Waals surface area contributed by atoms with Crippen LogP contribution in [0.2, 0.25) is 0 Å². The Morgan fingerprint density at radius 1 is 1.07 bits per heavy atom. The molecule has 0 radical (unpaired) electrons. The molecule has 2 aliphatic heterocycles. The number of morpholine rings is 1. The van der Waals surface area contributed by atoms with Crippen LogP contribution < -0.4 is 5.32 Å². The second-order valence-corrected chi connectivity index (χ2v) is 7.22. The second-order valence-electron chi connectivity index (χ2n) is 7.22. The van der Waals surface area contributed by atoms with Crippen molar-refractivity contribution in [2.45, 2.75) is 20.4 Å². The number of benzene rings is 2. The molecule has 2 aliphatic rings. The lowest BCUT2D eigenvalue weighted by Gasteiger charge is -2.26. The average Bonchev–Trinajstić information content (AvgIpc) is 3.05. The summed E-state index contributed by atoms with van der Waals surface area (Å²) >= 11 is 0. The van der Waals surface area contributed by atoms with Crippen LogP contribution in [0.5, 0.6) is 0 Å². The highest BCUT2D eigenvalue weighted by Gasteiger charge is 2.22. The normalized spacial score (nSPS) is 16.7. The number of carbonyl (C=O) groups excluding carboxylic acids is 1. The van der Waals surface area contributed by atoms with E-state index in [-0.39, 0.29) is 12.5 Å². The van der Waals surface area contributed by atoms with Crippen molar-refractivity contribution < 1.29 is 9.53 Å². The van der Waals surface area contributed by atoms with Crippen LogP contribution in [0.4, 0.5) is 5.69 Å². The molecule has 1 saturated heterocycles. The van der Waals surface area contributed by atoms with Crippen molar-refractivity contribution in [2.24, 2.45) is 4.99 Å². The molecule has 2 aromatic carbocycles. The van der Waals surface area contributed by atoms with E-state index in [4.69, 9.17) is 4.74 Å². The van der Waals surface area contributed by atoms with Gasteiger partial charge in [-0.1, -0.05) is 50.2 Å². The molecule has 0 aliphatic carbocycles. The summed E-state index contributed by atoms with van der Waals surface area (Å²) in [5.74, 6) is -0.0922. The molecule has 6 heteroatoms. The Hall–Kier alpha value is -2.96. The number of ether oxygens (including phenoxy) is 1. The van der Waals surface area contributed by atoms with Gasteiger partial charge in [0, 0.05) is 36.1 Å². The Labute approximate surface area is 177 Å². The van der Waals surface area contributed by atoms with Crippen molar-refractivity contribution >= 4 is 28.2 Å². The van der Waals surface area contributed by atoms with Crippen LogP contribution in [0.3, 0.4) is 0 Å². The van der Waals surface area contributed by atoms with Crippen LogP contribution >= 0.6 is 0 Å². The van der Waals surface area contributed by atoms with Gasteiger partial charge in [-0.25, -0.2) is 0 Å². The van der Waals surface area contributed by atoms with Crippen molar-refractivity contribution in [3.63, 3.8) is 0 Å². The molecule has 2 N–H and O–H groups in total. The van der Waals surface area contributed by atoms with E-state index in [9.17, 15) is 4.79 Å². The first-order valence-electron chi connectivity index (χ1n) is 10.6. The Balaban J connectivity index is 0.00000106. The summed E-state index contributed by atoms with van der Waals surface area (Å²) in [6.07, 6.45) is 0. The van der Waals surface area contributed by atoms with Gasteiger partial charge in [0.05, 0.1) is 30.3 Å². The molecular weight excluding hydrogens is 376 g/mol. The highest BCUT2D eigenvalue weighted by atomic mass is 16.5. The van der Waals surface area contributed by atoms with Crippen molar-refractivity contribution in [1.82, 2.24) is 9.88 Å². The maximum atomic E-state index is 12.2. The highest BCUT2D eigenvalue weighted by molar-refractivity contribution is 6.22. The molecule has 1 fully saturated rings. The molecular formula is C24H28N4O2. The smallest absolute Gasteiger partial charge is 0.246 e. The molecule has 156 valence electrons. The minimum absolute atomic E-state index is 0.0922. The Morgan fingerprint density at radius 2 is 1.87 bits per heavy atom. The number of para-hydroxylation sites is 1. The van der Waals surface area contributed by atoms with Gasteiger partial charge in [-0.3, -0.25) is 14.7 Å². The molecule has 3 heterocycles. The van der Waals surface area contributed by atoms with Crippen LogP contribution in [0.1, 0.15) is 30.7 Å². The van der Waals surface area contributed by atoms with Gasteiger partial charge in [-0.2, -0.15) is 0 Å². The van der Waals surface area contributed by atoms with Gasteiger partial charge in [-0.15, -0.1) is 0 Å². The number of H-pyrrole nitrogens is 1. The van der Waals surface area contributed by atoms with E-state index in [0.29, 0.717) is 0 Å². The fourth-order valence-electron chi connectivity index (χ4n) is 3.93. The summed E-state index contributed by atoms with van der Waals surface area (Å²) < 4.78 is 5.44. The third-order valence-corrected chi connectivity index (χ3v) is 5.30. The van der Waals surface area contributed by atoms with E-state index in [1.165, 1.54) is 5.56 Å². The van der Waals surface area contributed by atoms with E-state index in [2.05, 4.69) is 44.5 Å². The molecule has 5 rings (SSSR count). The third kappa shape index (κ3) is 4.15. The Bertz CT molecular complexity index is 1060. The van der Waals surface area contributed by atoms with E-state index < -0.39 is 0 Å². The van der Waals surface area contributed by atoms with E-state index in [1.54, 1.807) is 0 Å². The number of hydrogen-bond acceptors (Lipinski definition) is 4. The second kappa shape index (κ2) is 9.24. The molecule has 0 saturated carbocycles. The number of nitrogens with one attached hydrogen (secondary N) is 2. The number of anilines is 1. The number of rotatable bonds is 3. The molecule has 0 atom stereocenters. The van der Waals surface area contributed by atoms with Crippen molar-refractivity contribution in [3.05, 3.63) is 65.4 Å². The largest absolute Gasteiger partial charge is 0.379 e. The number of aliphatic imine (C=N–C) groups is 1. The van der Waals surface area contributed by atoms with Gasteiger partial charge in [0.25, 0.3) is 0 Å². The highest BCUT2D eigenvalue weighted by Crippen LogP contribution is 2.31. The minimum Gasteiger partial charge on any atom is -0.379 e. The number of nitrogens with zero attached hydrogens (tertiary/aromatic N) is 2. The lowest BCUT2D eigenvalue weighted by atomic mass is 10.0. The predicted octanol–water partition coefficient (Wildman–Crippen LogP) is 3.82. The van der Waals surface area contributed by atoms with Crippen LogP contribution in [-0.4, -0.2) is 54.4 Å². The van der Waals surface area contributed by atoms with Crippen LogP contribution in [-0.2, 0) is 16.1 Å². The van der Waals surface area contributed by atoms with Gasteiger partial charge < -0.3 is 15.0 Å². The fourth-order valence-corrected chi connectivity index (χ4v) is 3.93. The maximum absolute atomic E-state index is 12.2. The topological polar surface area (TPSA) is 69.7 Å². The van der Waals surface area contributed by atoms with Gasteiger partial charge >= 0.3 is 0 Å². The monoisotopic (exact) mass is 404 g/mol. The first-order valence-corrected chi connectivity index (χ1v) is 10.6. The molecule has 30 heavy (non-hydrogen) atoms. The quantitative estimate of drug-likeness (QED) is 0.697. The summed E-state index contributed by atoms with van der Waals surface area (Å²) in [7, 11) is 0. The number of amides is 1. The van der Waals surface area contributed by atoms with Crippen LogP contribution in [0.15, 0.2) is 53.5 Å². The average molecular weight is 405 g/mol. The lowest BCUT2D eigenvalue weighted by Crippen LogP contribution is -2.35. The summed E-state index contributed by atoms with van der Waals surface area (Å²) in [4.78, 5) is 22.7. The first-order chi connectivity index (χ1) is 14.8. The van der Waals surface area contributed by atoms with Crippen molar-refractivity contribution in [2.75, 3.05) is 38.2 Å². The zero-order valence-corrected chi connectivity index (χ0v) is 17.6. The van der Waals surface area contributed by atoms with Gasteiger partial charge in [-0.05, 0) is 17.7 Å². The summed E-state index contributed by atoms with van der Waals surface area (Å²) in [6.45, 7) is 8.50. The van der Waals surface area contributed by atoms with E-state index >= 15 is 0 Å². The fraction of sp³-hybridized carbons (Fsp3) is 0.333. The van der Waals surface area contributed by atoms with Gasteiger partial charge in [0.15, 0.2) is 0 Å². The number of carbonyl (C=O) groups is 1. The SMILES string of the molecule is CC.O=C1CN=C(c2cccc(CN3CCOCC3)c2)c2[nH]c3ccccc3c2N1. The predicted molar refractivity (Wildman–Crippen MR) is 121 cm³/mol. The van der Waals surface area contributed by atoms with Crippen molar-refractivity contribution in [1.29, 1.82) is 0 Å². The molecule has 0 bridgehead atoms. The van der Waals surface area contributed by atoms with Gasteiger partial charge in [0.2, 0.25) is 5.91 Å². The zero-order valence-electron chi connectivity index (χ0n) is 17.6. The standard InChI is InChI=1S/C22H22N4O2.C2H6/c27-19-13-23-20(22-21(25-19)17-6-1-2-7-18(17)24-22)16-5-3-4-15(12-16)14-26-8-10-28-11-9-26;1-2/h1-7,12,24H,8-11,13-14H2,(H,25,27);1-2H3. The minimum atomic E-state index is -0.0922. The lowest BCUT2D eigenvalue weighted by molar-refractivity contribution is -0.114. The third-order valence-electron chi connectivity index (χ3n) is 5.30. The molecule has 0 spiro atoms. The number of hydrogen-bond donors (Lipinski definition) is 2. The number of aromatic amines is 1. The zero-order chi connectivity index (χ0) is 20.9. The summed E-state index contributed by atoms with van der Waals surface area (Å²) in [5.41, 5.74) is 5.77. The van der Waals surface area contributed by atoms with Crippen molar-refractivity contribution in [3.8, 4) is 0 Å². The molecule has 6 nitrogen and oxygen atoms in total. The first kappa shape index (κ1) is 20.3. The molecule has 1 aromatic heterocycles. The Kier molecular flexibility index (Phi) is 6.26. The number of fused-ring (bicyclic) bond motifs is 3. The Morgan fingerprint density at radius 3 is 2.70 bits per heavy atom. The van der Waals surface area contributed by atoms with Gasteiger partial charge in [0.1, 0.15) is 6.54 Å². The van der Waals surface area contributed by atoms with E-state index in [1.807, 2.05) is 38.1 Å². The summed E-state index contributed by atoms with van der Waals surface area (Å²) in [5, 5.41) is 4.02. The van der Waals surface area contributed by atoms with Crippen LogP contribution in [0.25, 0.3) is 10.9 Å². The maximum Gasteiger partial charge on any atom is 0.246 e. The molecule has 3 aromatic rings. The summed E-state index contributed by atoms with van der Waals surface area (Å²) in [6, 6.07) is 16.5. The van der Waals surface area contributed by atoms with E-state index in [0.717, 1.165) is 66.4 Å².